The summed E-state index contributed by atoms with van der Waals surface area (Å²) in [6.45, 7) is 4.16. The van der Waals surface area contributed by atoms with E-state index in [1.807, 2.05) is 12.4 Å². The number of fused-ring (bicyclic) bond motifs is 1. The fourth-order valence-electron chi connectivity index (χ4n) is 3.29. The summed E-state index contributed by atoms with van der Waals surface area (Å²) < 4.78 is 1.80. The van der Waals surface area contributed by atoms with Crippen LogP contribution in [0.15, 0.2) is 12.4 Å². The molecule has 1 aromatic heterocycles. The van der Waals surface area contributed by atoms with Crippen LogP contribution in [0, 0.1) is 0 Å². The van der Waals surface area contributed by atoms with E-state index >= 15 is 0 Å². The first-order valence-corrected chi connectivity index (χ1v) is 6.96. The molecule has 2 aliphatic rings. The predicted molar refractivity (Wildman–Crippen MR) is 69.2 cm³/mol. The molecule has 2 N–H and O–H groups in total. The molecule has 0 bridgehead atoms. The Balaban J connectivity index is 1.51. The predicted octanol–water partition coefficient (Wildman–Crippen LogP) is 0.202. The summed E-state index contributed by atoms with van der Waals surface area (Å²) in [4.78, 5) is 2.62. The summed E-state index contributed by atoms with van der Waals surface area (Å²) in [6, 6.07) is 1.41. The van der Waals surface area contributed by atoms with Crippen molar-refractivity contribution in [2.45, 2.75) is 44.4 Å². The molecule has 1 aromatic rings. The minimum atomic E-state index is 0.147. The first-order chi connectivity index (χ1) is 8.86. The molecule has 100 valence electrons. The van der Waals surface area contributed by atoms with Gasteiger partial charge < -0.3 is 10.4 Å². The van der Waals surface area contributed by atoms with Gasteiger partial charge in [-0.25, -0.2) is 0 Å². The molecule has 2 atom stereocenters. The first-order valence-electron chi connectivity index (χ1n) is 6.96. The lowest BCUT2D eigenvalue weighted by atomic mass is 10.1. The van der Waals surface area contributed by atoms with Crippen molar-refractivity contribution in [3.05, 3.63) is 18.0 Å². The van der Waals surface area contributed by atoms with E-state index in [9.17, 15) is 0 Å². The van der Waals surface area contributed by atoms with Crippen LogP contribution in [-0.2, 0) is 13.1 Å². The minimum absolute atomic E-state index is 0.147. The Morgan fingerprint density at radius 1 is 1.39 bits per heavy atom. The number of aromatic nitrogens is 2. The Bertz CT molecular complexity index is 392. The smallest absolute Gasteiger partial charge is 0.0640 e. The Kier molecular flexibility index (Phi) is 3.63. The monoisotopic (exact) mass is 250 g/mol. The molecule has 5 heteroatoms. The van der Waals surface area contributed by atoms with Gasteiger partial charge in [-0.05, 0) is 25.8 Å². The Labute approximate surface area is 108 Å². The van der Waals surface area contributed by atoms with E-state index in [0.717, 1.165) is 12.6 Å². The topological polar surface area (TPSA) is 53.3 Å². The molecule has 3 rings (SSSR count). The van der Waals surface area contributed by atoms with Crippen LogP contribution in [-0.4, -0.2) is 51.6 Å². The lowest BCUT2D eigenvalue weighted by molar-refractivity contribution is 0.269. The number of nitrogens with zero attached hydrogens (tertiary/aromatic N) is 3. The summed E-state index contributed by atoms with van der Waals surface area (Å²) >= 11 is 0. The average molecular weight is 250 g/mol. The van der Waals surface area contributed by atoms with E-state index in [1.54, 1.807) is 4.68 Å². The molecule has 0 saturated carbocycles. The van der Waals surface area contributed by atoms with Gasteiger partial charge in [-0.1, -0.05) is 0 Å². The highest BCUT2D eigenvalue weighted by Crippen LogP contribution is 2.27. The SMILES string of the molecule is OCCn1cc(CNC2CCN3CCCC23)cn1. The maximum Gasteiger partial charge on any atom is 0.0640 e. The molecule has 3 heterocycles. The number of hydrogen-bond donors (Lipinski definition) is 2. The quantitative estimate of drug-likeness (QED) is 0.784. The average Bonchev–Trinajstić information content (AvgIpc) is 3.02. The zero-order chi connectivity index (χ0) is 12.4. The Morgan fingerprint density at radius 2 is 2.33 bits per heavy atom. The highest BCUT2D eigenvalue weighted by molar-refractivity contribution is 5.05. The highest BCUT2D eigenvalue weighted by atomic mass is 16.3. The number of nitrogens with one attached hydrogen (secondary N) is 1. The zero-order valence-electron chi connectivity index (χ0n) is 10.8. The van der Waals surface area contributed by atoms with Gasteiger partial charge in [-0.2, -0.15) is 5.10 Å². The molecule has 2 unspecified atom stereocenters. The molecule has 2 aliphatic heterocycles. The molecule has 0 spiro atoms. The first kappa shape index (κ1) is 12.1. The Morgan fingerprint density at radius 3 is 3.22 bits per heavy atom. The standard InChI is InChI=1S/C13H22N4O/c18-7-6-17-10-11(9-15-17)8-14-12-3-5-16-4-1-2-13(12)16/h9-10,12-14,18H,1-8H2. The van der Waals surface area contributed by atoms with E-state index in [0.29, 0.717) is 12.6 Å². The third-order valence-electron chi connectivity index (χ3n) is 4.19. The molecule has 2 saturated heterocycles. The van der Waals surface area contributed by atoms with E-state index < -0.39 is 0 Å². The molecule has 0 amide bonds. The van der Waals surface area contributed by atoms with E-state index in [-0.39, 0.29) is 6.61 Å². The van der Waals surface area contributed by atoms with Crippen molar-refractivity contribution in [3.63, 3.8) is 0 Å². The number of hydrogen-bond acceptors (Lipinski definition) is 4. The third-order valence-corrected chi connectivity index (χ3v) is 4.19. The van der Waals surface area contributed by atoms with E-state index in [2.05, 4.69) is 15.3 Å². The maximum atomic E-state index is 8.85. The third kappa shape index (κ3) is 2.43. The van der Waals surface area contributed by atoms with Crippen molar-refractivity contribution < 1.29 is 5.11 Å². The van der Waals surface area contributed by atoms with Crippen molar-refractivity contribution in [1.29, 1.82) is 0 Å². The summed E-state index contributed by atoms with van der Waals surface area (Å²) in [5.41, 5.74) is 1.21. The maximum absolute atomic E-state index is 8.85. The van der Waals surface area contributed by atoms with Crippen molar-refractivity contribution >= 4 is 0 Å². The highest BCUT2D eigenvalue weighted by Gasteiger charge is 2.36. The number of aliphatic hydroxyl groups excluding tert-OH is 1. The number of aliphatic hydroxyl groups is 1. The normalized spacial score (nSPS) is 27.8. The van der Waals surface area contributed by atoms with Gasteiger partial charge >= 0.3 is 0 Å². The van der Waals surface area contributed by atoms with E-state index in [1.165, 1.54) is 37.9 Å². The van der Waals surface area contributed by atoms with Crippen LogP contribution >= 0.6 is 0 Å². The molecule has 5 nitrogen and oxygen atoms in total. The molecule has 0 aromatic carbocycles. The second kappa shape index (κ2) is 5.38. The molecule has 0 radical (unpaired) electrons. The lowest BCUT2D eigenvalue weighted by Gasteiger charge is -2.20. The summed E-state index contributed by atoms with van der Waals surface area (Å²) in [6.07, 6.45) is 7.89. The van der Waals surface area contributed by atoms with Gasteiger partial charge in [0.25, 0.3) is 0 Å². The van der Waals surface area contributed by atoms with Gasteiger partial charge in [0, 0.05) is 36.9 Å². The van der Waals surface area contributed by atoms with Gasteiger partial charge in [0.05, 0.1) is 19.3 Å². The van der Waals surface area contributed by atoms with Crippen LogP contribution in [0.1, 0.15) is 24.8 Å². The van der Waals surface area contributed by atoms with Gasteiger partial charge in [0.1, 0.15) is 0 Å². The van der Waals surface area contributed by atoms with Gasteiger partial charge in [-0.15, -0.1) is 0 Å². The molecule has 0 aliphatic carbocycles. The van der Waals surface area contributed by atoms with Gasteiger partial charge in [0.2, 0.25) is 0 Å². The van der Waals surface area contributed by atoms with Crippen LogP contribution in [0.5, 0.6) is 0 Å². The van der Waals surface area contributed by atoms with Crippen molar-refractivity contribution in [1.82, 2.24) is 20.0 Å². The summed E-state index contributed by atoms with van der Waals surface area (Å²) in [7, 11) is 0. The van der Waals surface area contributed by atoms with Crippen molar-refractivity contribution in [2.24, 2.45) is 0 Å². The largest absolute Gasteiger partial charge is 0.394 e. The minimum Gasteiger partial charge on any atom is -0.394 e. The second-order valence-electron chi connectivity index (χ2n) is 5.36. The Hall–Kier alpha value is -0.910. The fraction of sp³-hybridized carbons (Fsp3) is 0.769. The van der Waals surface area contributed by atoms with Gasteiger partial charge in [-0.3, -0.25) is 9.58 Å². The van der Waals surface area contributed by atoms with E-state index in [4.69, 9.17) is 5.11 Å². The lowest BCUT2D eigenvalue weighted by Crippen LogP contribution is -2.38. The fourth-order valence-corrected chi connectivity index (χ4v) is 3.29. The van der Waals surface area contributed by atoms with Crippen LogP contribution in [0.2, 0.25) is 0 Å². The van der Waals surface area contributed by atoms with Crippen LogP contribution < -0.4 is 5.32 Å². The van der Waals surface area contributed by atoms with Crippen LogP contribution in [0.3, 0.4) is 0 Å². The molecule has 2 fully saturated rings. The second-order valence-corrected chi connectivity index (χ2v) is 5.36. The zero-order valence-corrected chi connectivity index (χ0v) is 10.8. The van der Waals surface area contributed by atoms with Crippen molar-refractivity contribution in [2.75, 3.05) is 19.7 Å². The van der Waals surface area contributed by atoms with Crippen LogP contribution in [0.4, 0.5) is 0 Å². The number of rotatable bonds is 5. The molecular formula is C13H22N4O. The molecular weight excluding hydrogens is 228 g/mol. The van der Waals surface area contributed by atoms with Crippen LogP contribution in [0.25, 0.3) is 0 Å². The van der Waals surface area contributed by atoms with Crippen molar-refractivity contribution in [3.8, 4) is 0 Å². The summed E-state index contributed by atoms with van der Waals surface area (Å²) in [5.74, 6) is 0. The molecule has 18 heavy (non-hydrogen) atoms. The van der Waals surface area contributed by atoms with Gasteiger partial charge in [0.15, 0.2) is 0 Å². The summed E-state index contributed by atoms with van der Waals surface area (Å²) in [5, 5.41) is 16.7.